The SMILES string of the molecule is CC[Si](CC)(CC)[c-]1cccc1.CC[Si](CC)(CC)[c-]1cccc1.[Fe+2]. The molecule has 0 N–H and O–H groups in total. The molecule has 142 valence electrons. The number of rotatable bonds is 8. The smallest absolute Gasteiger partial charge is 0.214 e. The van der Waals surface area contributed by atoms with Crippen LogP contribution in [0.1, 0.15) is 41.5 Å². The maximum Gasteiger partial charge on any atom is 2.00 e. The molecule has 0 saturated carbocycles. The molecule has 0 amide bonds. The van der Waals surface area contributed by atoms with Crippen LogP contribution in [-0.2, 0) is 17.1 Å². The van der Waals surface area contributed by atoms with Gasteiger partial charge in [-0.05, 0) is 0 Å². The second-order valence-electron chi connectivity index (χ2n) is 7.03. The fourth-order valence-corrected chi connectivity index (χ4v) is 11.4. The van der Waals surface area contributed by atoms with Crippen molar-refractivity contribution in [3.8, 4) is 0 Å². The number of hydrogen-bond donors (Lipinski definition) is 0. The molecule has 0 aliphatic heterocycles. The quantitative estimate of drug-likeness (QED) is 0.354. The molecule has 0 aliphatic carbocycles. The molecule has 0 bridgehead atoms. The van der Waals surface area contributed by atoms with Crippen LogP contribution in [0.4, 0.5) is 0 Å². The Morgan fingerprint density at radius 2 is 0.680 bits per heavy atom. The minimum atomic E-state index is -1.04. The van der Waals surface area contributed by atoms with E-state index in [0.29, 0.717) is 0 Å². The minimum absolute atomic E-state index is 0. The van der Waals surface area contributed by atoms with Gasteiger partial charge in [-0.2, -0.15) is 34.6 Å². The Hall–Kier alpha value is -0.347. The Morgan fingerprint density at radius 1 is 0.480 bits per heavy atom. The first-order chi connectivity index (χ1) is 11.6. The van der Waals surface area contributed by atoms with Gasteiger partial charge in [-0.1, -0.05) is 77.8 Å². The Balaban J connectivity index is 0.000000443. The van der Waals surface area contributed by atoms with Crippen LogP contribution in [0.15, 0.2) is 48.5 Å². The van der Waals surface area contributed by atoms with Gasteiger partial charge in [0, 0.05) is 16.1 Å². The van der Waals surface area contributed by atoms with Gasteiger partial charge in [0.1, 0.15) is 0 Å². The van der Waals surface area contributed by atoms with Gasteiger partial charge in [0.15, 0.2) is 0 Å². The second kappa shape index (κ2) is 12.1. The summed E-state index contributed by atoms with van der Waals surface area (Å²) in [5.41, 5.74) is 0. The molecule has 0 fully saturated rings. The Kier molecular flexibility index (Phi) is 11.9. The van der Waals surface area contributed by atoms with Crippen LogP contribution in [0.5, 0.6) is 0 Å². The standard InChI is InChI=1S/2C11H19Si.Fe/c2*1-4-12(5-2,6-3)11-9-7-8-10-11;/h2*7-10H,4-6H2,1-3H3;/q2*-1;+2. The van der Waals surface area contributed by atoms with Crippen LogP contribution >= 0.6 is 0 Å². The average Bonchev–Trinajstić information content (AvgIpc) is 3.34. The van der Waals surface area contributed by atoms with Gasteiger partial charge in [0.05, 0.1) is 0 Å². The molecule has 0 radical (unpaired) electrons. The zero-order valence-electron chi connectivity index (χ0n) is 17.2. The molecule has 0 atom stereocenters. The molecule has 0 aliphatic rings. The van der Waals surface area contributed by atoms with Crippen molar-refractivity contribution in [2.75, 3.05) is 0 Å². The van der Waals surface area contributed by atoms with Gasteiger partial charge in [0.2, 0.25) is 0 Å². The van der Waals surface area contributed by atoms with E-state index in [-0.39, 0.29) is 17.1 Å². The van der Waals surface area contributed by atoms with Crippen LogP contribution in [-0.4, -0.2) is 16.1 Å². The first-order valence-corrected chi connectivity index (χ1v) is 15.3. The third kappa shape index (κ3) is 5.82. The van der Waals surface area contributed by atoms with Gasteiger partial charge in [-0.25, -0.2) is 24.3 Å². The molecule has 0 spiro atoms. The third-order valence-electron chi connectivity index (χ3n) is 6.61. The predicted molar refractivity (Wildman–Crippen MR) is 118 cm³/mol. The topological polar surface area (TPSA) is 0 Å². The summed E-state index contributed by atoms with van der Waals surface area (Å²) in [6, 6.07) is 26.4. The molecular formula is C22H38FeSi2. The molecule has 0 aromatic heterocycles. The molecule has 25 heavy (non-hydrogen) atoms. The van der Waals surface area contributed by atoms with Crippen LogP contribution in [0, 0.1) is 0 Å². The van der Waals surface area contributed by atoms with E-state index in [2.05, 4.69) is 90.1 Å². The van der Waals surface area contributed by atoms with Crippen molar-refractivity contribution in [1.82, 2.24) is 0 Å². The van der Waals surface area contributed by atoms with E-state index >= 15 is 0 Å². The maximum absolute atomic E-state index is 2.35. The molecule has 2 rings (SSSR count). The minimum Gasteiger partial charge on any atom is -0.214 e. The molecule has 2 aromatic carbocycles. The fourth-order valence-electron chi connectivity index (χ4n) is 4.18. The van der Waals surface area contributed by atoms with E-state index < -0.39 is 16.1 Å². The summed E-state index contributed by atoms with van der Waals surface area (Å²) in [5, 5.41) is 3.32. The van der Waals surface area contributed by atoms with E-state index in [1.807, 2.05) is 0 Å². The average molecular weight is 415 g/mol. The molecule has 2 aromatic rings. The largest absolute Gasteiger partial charge is 2.00 e. The van der Waals surface area contributed by atoms with Crippen molar-refractivity contribution in [1.29, 1.82) is 0 Å². The van der Waals surface area contributed by atoms with Crippen LogP contribution in [0.3, 0.4) is 0 Å². The van der Waals surface area contributed by atoms with Crippen molar-refractivity contribution in [2.45, 2.75) is 77.8 Å². The van der Waals surface area contributed by atoms with Gasteiger partial charge in [-0.15, -0.1) is 0 Å². The maximum atomic E-state index is 2.35. The summed E-state index contributed by atoms with van der Waals surface area (Å²) in [5.74, 6) is 0. The van der Waals surface area contributed by atoms with Gasteiger partial charge >= 0.3 is 17.1 Å². The van der Waals surface area contributed by atoms with Crippen LogP contribution in [0.2, 0.25) is 36.3 Å². The van der Waals surface area contributed by atoms with Crippen molar-refractivity contribution in [2.24, 2.45) is 0 Å². The van der Waals surface area contributed by atoms with Crippen molar-refractivity contribution in [3.63, 3.8) is 0 Å². The monoisotopic (exact) mass is 414 g/mol. The Bertz CT molecular complexity index is 454. The summed E-state index contributed by atoms with van der Waals surface area (Å²) in [6.07, 6.45) is 0. The molecule has 0 unspecified atom stereocenters. The van der Waals surface area contributed by atoms with E-state index in [1.165, 1.54) is 36.3 Å². The van der Waals surface area contributed by atoms with Crippen molar-refractivity contribution in [3.05, 3.63) is 48.5 Å². The van der Waals surface area contributed by atoms with Crippen molar-refractivity contribution >= 4 is 26.5 Å². The predicted octanol–water partition coefficient (Wildman–Crippen LogP) is 6.24. The molecule has 0 nitrogen and oxygen atoms in total. The summed E-state index contributed by atoms with van der Waals surface area (Å²) >= 11 is 0. The Labute approximate surface area is 169 Å². The summed E-state index contributed by atoms with van der Waals surface area (Å²) < 4.78 is 0. The zero-order chi connectivity index (χ0) is 18.1. The van der Waals surface area contributed by atoms with Crippen LogP contribution < -0.4 is 10.4 Å². The van der Waals surface area contributed by atoms with Gasteiger partial charge in [0.25, 0.3) is 0 Å². The van der Waals surface area contributed by atoms with E-state index in [4.69, 9.17) is 0 Å². The van der Waals surface area contributed by atoms with E-state index in [9.17, 15) is 0 Å². The first kappa shape index (κ1) is 24.7. The van der Waals surface area contributed by atoms with Crippen LogP contribution in [0.25, 0.3) is 0 Å². The van der Waals surface area contributed by atoms with E-state index in [1.54, 1.807) is 10.4 Å². The fraction of sp³-hybridized carbons (Fsp3) is 0.545. The van der Waals surface area contributed by atoms with E-state index in [0.717, 1.165) is 0 Å². The summed E-state index contributed by atoms with van der Waals surface area (Å²) in [4.78, 5) is 0. The molecule has 0 saturated heterocycles. The molecule has 0 heterocycles. The zero-order valence-corrected chi connectivity index (χ0v) is 20.3. The second-order valence-corrected chi connectivity index (χ2v) is 17.5. The normalized spacial score (nSPS) is 11.4. The Morgan fingerprint density at radius 3 is 0.840 bits per heavy atom. The third-order valence-corrected chi connectivity index (χ3v) is 17.8. The summed E-state index contributed by atoms with van der Waals surface area (Å²) in [7, 11) is -2.08. The summed E-state index contributed by atoms with van der Waals surface area (Å²) in [6.45, 7) is 14.1. The molecule has 3 heteroatoms. The number of hydrogen-bond acceptors (Lipinski definition) is 0. The first-order valence-electron chi connectivity index (χ1n) is 10.0. The molecular weight excluding hydrogens is 376 g/mol. The van der Waals surface area contributed by atoms with Gasteiger partial charge in [-0.3, -0.25) is 0 Å². The van der Waals surface area contributed by atoms with Crippen molar-refractivity contribution < 1.29 is 17.1 Å². The van der Waals surface area contributed by atoms with Gasteiger partial charge < -0.3 is 0 Å².